The number of nitrogens with zero attached hydrogens (tertiary/aromatic N) is 4. The molecule has 0 unspecified atom stereocenters. The highest BCUT2D eigenvalue weighted by molar-refractivity contribution is 6.18. The van der Waals surface area contributed by atoms with E-state index in [2.05, 4.69) is 21.1 Å². The highest BCUT2D eigenvalue weighted by Crippen LogP contribution is 2.16. The lowest BCUT2D eigenvalue weighted by atomic mass is 10.1. The second-order valence-corrected chi connectivity index (χ2v) is 6.44. The van der Waals surface area contributed by atoms with E-state index in [1.165, 1.54) is 42.5 Å². The quantitative estimate of drug-likeness (QED) is 0.140. The highest BCUT2D eigenvalue weighted by atomic mass is 16.6. The standard InChI is InChI=1S/C21H20N6O6/c1-2-3-10-17(20(28)24-22-13-15-8-4-6-11-18(15)26(30)31)21(29)25-23-14-16-9-5-7-12-19(16)27(32)33/h4-14H,2-3H2,1H3,(H,24,28)(H,25,29)/b22-13-,23-14-. The number of rotatable bonds is 10. The molecule has 0 fully saturated rings. The van der Waals surface area contributed by atoms with Gasteiger partial charge in [-0.1, -0.05) is 43.7 Å². The van der Waals surface area contributed by atoms with Crippen molar-refractivity contribution in [1.29, 1.82) is 0 Å². The van der Waals surface area contributed by atoms with Gasteiger partial charge in [0, 0.05) is 12.1 Å². The van der Waals surface area contributed by atoms with Gasteiger partial charge in [0.2, 0.25) is 0 Å². The van der Waals surface area contributed by atoms with E-state index in [1.54, 1.807) is 12.1 Å². The first-order valence-electron chi connectivity index (χ1n) is 9.69. The van der Waals surface area contributed by atoms with Crippen LogP contribution in [0.15, 0.2) is 70.4 Å². The topological polar surface area (TPSA) is 169 Å². The Balaban J connectivity index is 2.11. The van der Waals surface area contributed by atoms with Crippen molar-refractivity contribution in [2.45, 2.75) is 19.8 Å². The van der Waals surface area contributed by atoms with Crippen molar-refractivity contribution in [2.75, 3.05) is 0 Å². The molecular weight excluding hydrogens is 432 g/mol. The molecule has 2 aromatic carbocycles. The molecule has 0 aliphatic carbocycles. The third kappa shape index (κ3) is 7.17. The number of allylic oxidation sites excluding steroid dienone is 1. The number of hydrazone groups is 2. The highest BCUT2D eigenvalue weighted by Gasteiger charge is 2.18. The lowest BCUT2D eigenvalue weighted by molar-refractivity contribution is -0.385. The Bertz CT molecular complexity index is 1060. The number of amides is 2. The van der Waals surface area contributed by atoms with Crippen molar-refractivity contribution in [1.82, 2.24) is 10.9 Å². The molecule has 12 heteroatoms. The van der Waals surface area contributed by atoms with Gasteiger partial charge in [0.25, 0.3) is 23.2 Å². The number of carbonyl (C=O) groups excluding carboxylic acids is 2. The second-order valence-electron chi connectivity index (χ2n) is 6.44. The molecule has 0 spiro atoms. The average Bonchev–Trinajstić information content (AvgIpc) is 2.79. The number of hydrogen-bond donors (Lipinski definition) is 2. The molecule has 2 N–H and O–H groups in total. The Labute approximate surface area is 188 Å². The van der Waals surface area contributed by atoms with Gasteiger partial charge in [-0.05, 0) is 18.6 Å². The Morgan fingerprint density at radius 2 is 1.27 bits per heavy atom. The number of carbonyl (C=O) groups is 2. The SMILES string of the molecule is CCCC=C(C(=O)N/N=C\c1ccccc1[N+](=O)[O-])C(=O)N/N=C\c1ccccc1[N+](=O)[O-]. The molecule has 0 aromatic heterocycles. The molecule has 0 radical (unpaired) electrons. The third-order valence-corrected chi connectivity index (χ3v) is 4.13. The van der Waals surface area contributed by atoms with Gasteiger partial charge in [-0.3, -0.25) is 29.8 Å². The van der Waals surface area contributed by atoms with Gasteiger partial charge in [-0.15, -0.1) is 0 Å². The van der Waals surface area contributed by atoms with E-state index in [0.717, 1.165) is 12.4 Å². The Morgan fingerprint density at radius 1 is 0.848 bits per heavy atom. The molecule has 2 aromatic rings. The molecule has 0 saturated heterocycles. The predicted molar refractivity (Wildman–Crippen MR) is 121 cm³/mol. The van der Waals surface area contributed by atoms with E-state index in [4.69, 9.17) is 0 Å². The van der Waals surface area contributed by atoms with Crippen LogP contribution < -0.4 is 10.9 Å². The molecular formula is C21H20N6O6. The Kier molecular flexibility index (Phi) is 9.07. The summed E-state index contributed by atoms with van der Waals surface area (Å²) in [5, 5.41) is 29.5. The van der Waals surface area contributed by atoms with Crippen LogP contribution in [0, 0.1) is 20.2 Å². The molecule has 170 valence electrons. The van der Waals surface area contributed by atoms with E-state index in [1.807, 2.05) is 6.92 Å². The van der Waals surface area contributed by atoms with Crippen molar-refractivity contribution in [3.8, 4) is 0 Å². The normalized spacial score (nSPS) is 10.7. The van der Waals surface area contributed by atoms with Crippen LogP contribution in [0.3, 0.4) is 0 Å². The zero-order valence-corrected chi connectivity index (χ0v) is 17.5. The summed E-state index contributed by atoms with van der Waals surface area (Å²) in [6, 6.07) is 11.6. The number of nitrogens with one attached hydrogen (secondary N) is 2. The van der Waals surface area contributed by atoms with Gasteiger partial charge in [0.05, 0.1) is 33.4 Å². The number of nitro groups is 2. The van der Waals surface area contributed by atoms with Crippen molar-refractivity contribution in [3.05, 3.63) is 91.5 Å². The second kappa shape index (κ2) is 12.2. The largest absolute Gasteiger partial charge is 0.278 e. The van der Waals surface area contributed by atoms with E-state index in [0.29, 0.717) is 12.8 Å². The molecule has 0 aliphatic rings. The average molecular weight is 452 g/mol. The monoisotopic (exact) mass is 452 g/mol. The van der Waals surface area contributed by atoms with Crippen LogP contribution in [0.2, 0.25) is 0 Å². The van der Waals surface area contributed by atoms with E-state index < -0.39 is 21.7 Å². The van der Waals surface area contributed by atoms with Crippen LogP contribution in [0.4, 0.5) is 11.4 Å². The molecule has 12 nitrogen and oxygen atoms in total. The van der Waals surface area contributed by atoms with Crippen LogP contribution in [-0.2, 0) is 9.59 Å². The van der Waals surface area contributed by atoms with Crippen molar-refractivity contribution < 1.29 is 19.4 Å². The maximum atomic E-state index is 12.4. The summed E-state index contributed by atoms with van der Waals surface area (Å²) in [7, 11) is 0. The molecule has 33 heavy (non-hydrogen) atoms. The lowest BCUT2D eigenvalue weighted by Crippen LogP contribution is -2.30. The van der Waals surface area contributed by atoms with Crippen LogP contribution >= 0.6 is 0 Å². The minimum Gasteiger partial charge on any atom is -0.267 e. The maximum absolute atomic E-state index is 12.4. The molecule has 0 saturated carbocycles. The van der Waals surface area contributed by atoms with Gasteiger partial charge >= 0.3 is 0 Å². The van der Waals surface area contributed by atoms with Crippen LogP contribution in [0.1, 0.15) is 30.9 Å². The summed E-state index contributed by atoms with van der Waals surface area (Å²) in [5.41, 5.74) is 3.98. The molecule has 0 atom stereocenters. The maximum Gasteiger partial charge on any atom is 0.278 e. The molecule has 2 amide bonds. The van der Waals surface area contributed by atoms with Crippen molar-refractivity contribution >= 4 is 35.6 Å². The van der Waals surface area contributed by atoms with E-state index in [9.17, 15) is 29.8 Å². The number of para-hydroxylation sites is 2. The first-order chi connectivity index (χ1) is 15.8. The predicted octanol–water partition coefficient (Wildman–Crippen LogP) is 2.83. The molecule has 0 bridgehead atoms. The first kappa shape index (κ1) is 24.5. The van der Waals surface area contributed by atoms with Crippen molar-refractivity contribution in [2.24, 2.45) is 10.2 Å². The smallest absolute Gasteiger partial charge is 0.267 e. The lowest BCUT2D eigenvalue weighted by Gasteiger charge is -2.05. The van der Waals surface area contributed by atoms with E-state index in [-0.39, 0.29) is 28.1 Å². The third-order valence-electron chi connectivity index (χ3n) is 4.13. The first-order valence-corrected chi connectivity index (χ1v) is 9.69. The number of benzene rings is 2. The zero-order chi connectivity index (χ0) is 24.2. The summed E-state index contributed by atoms with van der Waals surface area (Å²) in [4.78, 5) is 45.8. The van der Waals surface area contributed by atoms with Gasteiger partial charge in [-0.2, -0.15) is 10.2 Å². The summed E-state index contributed by atoms with van der Waals surface area (Å²) >= 11 is 0. The number of hydrogen-bond acceptors (Lipinski definition) is 8. The van der Waals surface area contributed by atoms with Gasteiger partial charge < -0.3 is 0 Å². The fourth-order valence-corrected chi connectivity index (χ4v) is 2.54. The molecule has 0 heterocycles. The zero-order valence-electron chi connectivity index (χ0n) is 17.5. The Morgan fingerprint density at radius 3 is 1.67 bits per heavy atom. The minimum atomic E-state index is -0.850. The van der Waals surface area contributed by atoms with Gasteiger partial charge in [0.15, 0.2) is 0 Å². The Hall–Kier alpha value is -4.74. The summed E-state index contributed by atoms with van der Waals surface area (Å²) < 4.78 is 0. The summed E-state index contributed by atoms with van der Waals surface area (Å²) in [6.45, 7) is 1.85. The summed E-state index contributed by atoms with van der Waals surface area (Å²) in [5.74, 6) is -1.70. The van der Waals surface area contributed by atoms with Crippen LogP contribution in [-0.4, -0.2) is 34.1 Å². The van der Waals surface area contributed by atoms with Crippen LogP contribution in [0.5, 0.6) is 0 Å². The number of nitro benzene ring substituents is 2. The van der Waals surface area contributed by atoms with E-state index >= 15 is 0 Å². The van der Waals surface area contributed by atoms with Crippen molar-refractivity contribution in [3.63, 3.8) is 0 Å². The molecule has 0 aliphatic heterocycles. The van der Waals surface area contributed by atoms with Crippen LogP contribution in [0.25, 0.3) is 0 Å². The number of unbranched alkanes of at least 4 members (excludes halogenated alkanes) is 1. The summed E-state index contributed by atoms with van der Waals surface area (Å²) in [6.07, 6.45) is 4.66. The van der Waals surface area contributed by atoms with Gasteiger partial charge in [0.1, 0.15) is 5.57 Å². The van der Waals surface area contributed by atoms with Gasteiger partial charge in [-0.25, -0.2) is 10.9 Å². The fraction of sp³-hybridized carbons (Fsp3) is 0.143. The molecule has 2 rings (SSSR count). The fourth-order valence-electron chi connectivity index (χ4n) is 2.54. The minimum absolute atomic E-state index is 0.167.